The van der Waals surface area contributed by atoms with Gasteiger partial charge in [-0.15, -0.1) is 0 Å². The van der Waals surface area contributed by atoms with Gasteiger partial charge in [-0.3, -0.25) is 0 Å². The van der Waals surface area contributed by atoms with Crippen molar-refractivity contribution >= 4 is 43.6 Å². The van der Waals surface area contributed by atoms with Gasteiger partial charge in [0.25, 0.3) is 0 Å². The van der Waals surface area contributed by atoms with Crippen LogP contribution in [0.1, 0.15) is 27.8 Å². The molecule has 0 aliphatic rings. The van der Waals surface area contributed by atoms with E-state index in [0.717, 1.165) is 77.6 Å². The highest BCUT2D eigenvalue weighted by atomic mass is 19.4. The molecule has 2 aromatic heterocycles. The van der Waals surface area contributed by atoms with E-state index in [0.29, 0.717) is 27.9 Å². The van der Waals surface area contributed by atoms with Crippen LogP contribution in [0, 0.1) is 36.5 Å². The quantitative estimate of drug-likeness (QED) is 0.167. The van der Waals surface area contributed by atoms with Crippen LogP contribution >= 0.6 is 0 Å². The number of hydrogen-bond donors (Lipinski definition) is 0. The monoisotopic (exact) mass is 858 g/mol. The summed E-state index contributed by atoms with van der Waals surface area (Å²) in [5, 5.41) is 24.2. The molecule has 0 spiro atoms. The fourth-order valence-electron chi connectivity index (χ4n) is 9.55. The Bertz CT molecular complexity index is 3840. The highest BCUT2D eigenvalue weighted by molar-refractivity contribution is 6.13. The van der Waals surface area contributed by atoms with Crippen molar-refractivity contribution in [3.8, 4) is 68.0 Å². The molecular weight excluding hydrogens is 822 g/mol. The Morgan fingerprint density at radius 2 is 0.803 bits per heavy atom. The fourth-order valence-corrected chi connectivity index (χ4v) is 9.55. The first-order chi connectivity index (χ1) is 32.1. The number of rotatable bonds is 6. The summed E-state index contributed by atoms with van der Waals surface area (Å²) < 4.78 is 49.2. The highest BCUT2D eigenvalue weighted by Crippen LogP contribution is 2.45. The van der Waals surface area contributed by atoms with Crippen molar-refractivity contribution in [2.45, 2.75) is 20.0 Å². The Morgan fingerprint density at radius 1 is 0.379 bits per heavy atom. The van der Waals surface area contributed by atoms with Crippen molar-refractivity contribution in [2.75, 3.05) is 0 Å². The van der Waals surface area contributed by atoms with Gasteiger partial charge in [0.15, 0.2) is 0 Å². The lowest BCUT2D eigenvalue weighted by atomic mass is 9.92. The summed E-state index contributed by atoms with van der Waals surface area (Å²) in [5.74, 6) is 0. The predicted octanol–water partition coefficient (Wildman–Crippen LogP) is 15.9. The first-order valence-corrected chi connectivity index (χ1v) is 21.6. The van der Waals surface area contributed by atoms with Crippen molar-refractivity contribution in [3.63, 3.8) is 0 Å². The smallest absolute Gasteiger partial charge is 0.309 e. The second kappa shape index (κ2) is 15.6. The first-order valence-electron chi connectivity index (χ1n) is 21.6. The molecular formula is C59H37F3N4. The SMILES string of the molecule is Cc1ccc(-c2ccc3c(c2)c2ccccc2n3-c2ccc(C#N)cc2-c2cc(-c3ccc(C#N)cc3C(F)(F)F)ccc2-n2c3ccccc3c3cc(-c4ccc(C)cc4)ccc32)cc1. The number of para-hydroxylation sites is 2. The van der Waals surface area contributed by atoms with Crippen LogP contribution in [0.3, 0.4) is 0 Å². The predicted molar refractivity (Wildman–Crippen MR) is 261 cm³/mol. The second-order valence-electron chi connectivity index (χ2n) is 16.8. The standard InChI is InChI=1S/C59H37F3N4/c1-36-11-17-40(18-12-36)42-21-26-56-49(31-42)46-7-3-5-9-53(46)65(56)55-25-16-38(34-63)29-48(55)51-33-44(45-24-15-39(35-64)30-52(45)59(60,61)62)23-28-58(51)66-54-10-6-4-8-47(54)50-32-43(22-27-57(50)66)41-19-13-37(2)14-20-41/h3-33H,1-2H3. The van der Waals surface area contributed by atoms with E-state index in [1.807, 2.05) is 48.5 Å². The number of nitrogens with zero attached hydrogens (tertiary/aromatic N) is 4. The Hall–Kier alpha value is -8.65. The molecule has 0 N–H and O–H groups in total. The van der Waals surface area contributed by atoms with E-state index in [-0.39, 0.29) is 11.1 Å². The summed E-state index contributed by atoms with van der Waals surface area (Å²) in [7, 11) is 0. The largest absolute Gasteiger partial charge is 0.417 e. The minimum absolute atomic E-state index is 0.0576. The summed E-state index contributed by atoms with van der Waals surface area (Å²) >= 11 is 0. The van der Waals surface area contributed by atoms with E-state index in [9.17, 15) is 23.7 Å². The van der Waals surface area contributed by atoms with Gasteiger partial charge in [0.2, 0.25) is 0 Å². The van der Waals surface area contributed by atoms with Gasteiger partial charge in [0.1, 0.15) is 0 Å². The molecule has 0 aliphatic carbocycles. The van der Waals surface area contributed by atoms with Crippen molar-refractivity contribution in [1.29, 1.82) is 10.5 Å². The van der Waals surface area contributed by atoms with E-state index < -0.39 is 11.7 Å². The van der Waals surface area contributed by atoms with Crippen LogP contribution in [0.5, 0.6) is 0 Å². The number of aromatic nitrogens is 2. The Kier molecular flexibility index (Phi) is 9.46. The maximum Gasteiger partial charge on any atom is 0.417 e. The van der Waals surface area contributed by atoms with Crippen LogP contribution in [-0.4, -0.2) is 9.13 Å². The molecule has 0 bridgehead atoms. The molecule has 0 unspecified atom stereocenters. The van der Waals surface area contributed by atoms with Gasteiger partial charge in [0, 0.05) is 32.7 Å². The first kappa shape index (κ1) is 40.1. The lowest BCUT2D eigenvalue weighted by Crippen LogP contribution is -2.08. The zero-order chi connectivity index (χ0) is 45.3. The van der Waals surface area contributed by atoms with Crippen molar-refractivity contribution in [2.24, 2.45) is 0 Å². The maximum absolute atomic E-state index is 14.9. The third-order valence-corrected chi connectivity index (χ3v) is 12.8. The average Bonchev–Trinajstić information content (AvgIpc) is 3.85. The molecule has 11 rings (SSSR count). The molecule has 11 aromatic rings. The van der Waals surface area contributed by atoms with Gasteiger partial charge >= 0.3 is 6.18 Å². The van der Waals surface area contributed by atoms with E-state index in [1.165, 1.54) is 23.3 Å². The zero-order valence-electron chi connectivity index (χ0n) is 35.8. The van der Waals surface area contributed by atoms with Crippen LogP contribution in [0.2, 0.25) is 0 Å². The third kappa shape index (κ3) is 6.69. The number of hydrogen-bond acceptors (Lipinski definition) is 2. The van der Waals surface area contributed by atoms with Crippen LogP contribution in [0.15, 0.2) is 188 Å². The van der Waals surface area contributed by atoms with Crippen molar-refractivity contribution < 1.29 is 13.2 Å². The summed E-state index contributed by atoms with van der Waals surface area (Å²) in [4.78, 5) is 0. The van der Waals surface area contributed by atoms with E-state index in [2.05, 4.69) is 138 Å². The summed E-state index contributed by atoms with van der Waals surface area (Å²) in [6, 6.07) is 65.0. The number of alkyl halides is 3. The number of benzene rings is 9. The lowest BCUT2D eigenvalue weighted by Gasteiger charge is -2.21. The topological polar surface area (TPSA) is 57.4 Å². The van der Waals surface area contributed by atoms with Crippen LogP contribution in [0.25, 0.3) is 99.5 Å². The minimum atomic E-state index is -4.74. The number of aryl methyl sites for hydroxylation is 2. The van der Waals surface area contributed by atoms with Gasteiger partial charge in [-0.1, -0.05) is 120 Å². The normalized spacial score (nSPS) is 11.7. The van der Waals surface area contributed by atoms with Gasteiger partial charge < -0.3 is 9.13 Å². The number of nitriles is 2. The molecule has 0 saturated carbocycles. The molecule has 0 aliphatic heterocycles. The van der Waals surface area contributed by atoms with E-state index in [1.54, 1.807) is 18.2 Å². The van der Waals surface area contributed by atoms with Crippen LogP contribution in [-0.2, 0) is 6.18 Å². The van der Waals surface area contributed by atoms with Gasteiger partial charge in [0.05, 0.1) is 62.3 Å². The molecule has 0 radical (unpaired) electrons. The molecule has 314 valence electrons. The number of halogens is 3. The van der Waals surface area contributed by atoms with Gasteiger partial charge in [-0.2, -0.15) is 23.7 Å². The summed E-state index contributed by atoms with van der Waals surface area (Å²) in [6.45, 7) is 4.14. The molecule has 0 amide bonds. The van der Waals surface area contributed by atoms with E-state index in [4.69, 9.17) is 0 Å². The maximum atomic E-state index is 14.9. The molecule has 4 nitrogen and oxygen atoms in total. The third-order valence-electron chi connectivity index (χ3n) is 12.8. The molecule has 0 fully saturated rings. The summed E-state index contributed by atoms with van der Waals surface area (Å²) in [6.07, 6.45) is -4.74. The van der Waals surface area contributed by atoms with Crippen molar-refractivity contribution in [3.05, 3.63) is 216 Å². The minimum Gasteiger partial charge on any atom is -0.309 e. The molecule has 9 aromatic carbocycles. The molecule has 2 heterocycles. The fraction of sp³-hybridized carbons (Fsp3) is 0.0508. The Morgan fingerprint density at radius 3 is 1.32 bits per heavy atom. The van der Waals surface area contributed by atoms with Crippen molar-refractivity contribution in [1.82, 2.24) is 9.13 Å². The highest BCUT2D eigenvalue weighted by Gasteiger charge is 2.34. The number of fused-ring (bicyclic) bond motifs is 6. The lowest BCUT2D eigenvalue weighted by molar-refractivity contribution is -0.137. The van der Waals surface area contributed by atoms with Gasteiger partial charge in [-0.25, -0.2) is 0 Å². The van der Waals surface area contributed by atoms with Gasteiger partial charge in [-0.05, 0) is 126 Å². The molecule has 7 heteroatoms. The van der Waals surface area contributed by atoms with Crippen LogP contribution in [0.4, 0.5) is 13.2 Å². The van der Waals surface area contributed by atoms with Crippen LogP contribution < -0.4 is 0 Å². The molecule has 66 heavy (non-hydrogen) atoms. The Labute approximate surface area is 378 Å². The molecule has 0 saturated heterocycles. The molecule has 0 atom stereocenters. The average molecular weight is 859 g/mol. The Balaban J connectivity index is 1.22. The van der Waals surface area contributed by atoms with E-state index >= 15 is 0 Å². The zero-order valence-corrected chi connectivity index (χ0v) is 35.8. The second-order valence-corrected chi connectivity index (χ2v) is 16.8. The summed E-state index contributed by atoms with van der Waals surface area (Å²) in [5.41, 5.74) is 12.7.